The molecule has 3 rings (SSSR count). The number of morpholine rings is 1. The van der Waals surface area contributed by atoms with E-state index in [1.807, 2.05) is 13.8 Å². The number of guanidine groups is 1. The maximum atomic E-state index is 12.0. The lowest BCUT2D eigenvalue weighted by Crippen LogP contribution is -2.51. The number of carbonyl (C=O) groups excluding carboxylic acids is 1. The van der Waals surface area contributed by atoms with E-state index in [1.54, 1.807) is 14.0 Å². The van der Waals surface area contributed by atoms with Crippen LogP contribution in [0.5, 0.6) is 0 Å². The van der Waals surface area contributed by atoms with Gasteiger partial charge in [0.25, 0.3) is 0 Å². The lowest BCUT2D eigenvalue weighted by Gasteiger charge is -2.35. The Morgan fingerprint density at radius 2 is 2.36 bits per heavy atom. The van der Waals surface area contributed by atoms with Gasteiger partial charge in [0.1, 0.15) is 9.88 Å². The fourth-order valence-electron chi connectivity index (χ4n) is 3.67. The van der Waals surface area contributed by atoms with Crippen molar-refractivity contribution in [3.05, 3.63) is 15.6 Å². The Morgan fingerprint density at radius 3 is 3.11 bits per heavy atom. The second kappa shape index (κ2) is 9.67. The van der Waals surface area contributed by atoms with E-state index in [2.05, 4.69) is 25.5 Å². The molecule has 156 valence electrons. The van der Waals surface area contributed by atoms with Crippen LogP contribution in [0.3, 0.4) is 0 Å². The van der Waals surface area contributed by atoms with E-state index in [0.29, 0.717) is 35.7 Å². The van der Waals surface area contributed by atoms with Gasteiger partial charge in [0.05, 0.1) is 31.1 Å². The van der Waals surface area contributed by atoms with Crippen molar-refractivity contribution in [3.63, 3.8) is 0 Å². The molecule has 2 saturated heterocycles. The Labute approximate surface area is 170 Å². The molecule has 2 fully saturated rings. The lowest BCUT2D eigenvalue weighted by atomic mass is 10.2. The number of fused-ring (bicyclic) bond motifs is 1. The highest BCUT2D eigenvalue weighted by Crippen LogP contribution is 2.24. The van der Waals surface area contributed by atoms with Gasteiger partial charge < -0.3 is 20.1 Å². The van der Waals surface area contributed by atoms with Gasteiger partial charge in [0.15, 0.2) is 5.96 Å². The van der Waals surface area contributed by atoms with Crippen LogP contribution in [-0.2, 0) is 9.47 Å². The van der Waals surface area contributed by atoms with Crippen molar-refractivity contribution in [2.45, 2.75) is 51.8 Å². The van der Waals surface area contributed by atoms with Gasteiger partial charge in [-0.1, -0.05) is 0 Å². The second-order valence-electron chi connectivity index (χ2n) is 7.25. The van der Waals surface area contributed by atoms with Crippen molar-refractivity contribution in [1.82, 2.24) is 20.5 Å². The first-order valence-corrected chi connectivity index (χ1v) is 10.8. The van der Waals surface area contributed by atoms with E-state index in [9.17, 15) is 4.79 Å². The molecular formula is C19H31N5O3S. The summed E-state index contributed by atoms with van der Waals surface area (Å²) in [6.45, 7) is 9.68. The number of hydrogen-bond donors (Lipinski definition) is 2. The predicted octanol–water partition coefficient (Wildman–Crippen LogP) is 1.72. The largest absolute Gasteiger partial charge is 0.462 e. The molecule has 0 saturated carbocycles. The van der Waals surface area contributed by atoms with Gasteiger partial charge >= 0.3 is 5.97 Å². The summed E-state index contributed by atoms with van der Waals surface area (Å²) in [5.41, 5.74) is 0.700. The zero-order chi connectivity index (χ0) is 20.1. The number of nitrogens with zero attached hydrogens (tertiary/aromatic N) is 3. The molecule has 1 aromatic rings. The molecule has 3 heterocycles. The quantitative estimate of drug-likeness (QED) is 0.420. The van der Waals surface area contributed by atoms with Crippen LogP contribution < -0.4 is 10.6 Å². The average molecular weight is 410 g/mol. The van der Waals surface area contributed by atoms with E-state index < -0.39 is 0 Å². The monoisotopic (exact) mass is 409 g/mol. The zero-order valence-corrected chi connectivity index (χ0v) is 18.0. The third kappa shape index (κ3) is 5.01. The molecule has 0 aromatic carbocycles. The van der Waals surface area contributed by atoms with Gasteiger partial charge in [0, 0.05) is 26.2 Å². The van der Waals surface area contributed by atoms with E-state index >= 15 is 0 Å². The maximum absolute atomic E-state index is 12.0. The van der Waals surface area contributed by atoms with Gasteiger partial charge in [-0.3, -0.25) is 9.89 Å². The topological polar surface area (TPSA) is 88.1 Å². The summed E-state index contributed by atoms with van der Waals surface area (Å²) in [6, 6.07) is 0.531. The highest BCUT2D eigenvalue weighted by Gasteiger charge is 2.32. The van der Waals surface area contributed by atoms with Crippen molar-refractivity contribution < 1.29 is 14.3 Å². The van der Waals surface area contributed by atoms with Crippen molar-refractivity contribution in [3.8, 4) is 0 Å². The number of carbonyl (C=O) groups is 1. The summed E-state index contributed by atoms with van der Waals surface area (Å²) in [6.07, 6.45) is 2.69. The van der Waals surface area contributed by atoms with Crippen molar-refractivity contribution >= 4 is 23.3 Å². The van der Waals surface area contributed by atoms with E-state index in [-0.39, 0.29) is 18.1 Å². The molecule has 8 nitrogen and oxygen atoms in total. The number of thiazole rings is 1. The molecule has 9 heteroatoms. The van der Waals surface area contributed by atoms with Gasteiger partial charge in [0.2, 0.25) is 0 Å². The standard InChI is InChI=1S/C19H31N5O3S/c1-5-26-18(25)16-12(2)22-17(28-16)13(3)23-19(20-4)21-9-15-10-24-8-6-7-14(24)11-27-15/h13-15H,5-11H2,1-4H3,(H2,20,21,23). The normalized spacial score (nSPS) is 23.9. The van der Waals surface area contributed by atoms with Crippen LogP contribution in [0, 0.1) is 6.92 Å². The van der Waals surface area contributed by atoms with Crippen LogP contribution >= 0.6 is 11.3 Å². The van der Waals surface area contributed by atoms with Crippen LogP contribution in [-0.4, -0.2) is 73.9 Å². The van der Waals surface area contributed by atoms with Gasteiger partial charge in [-0.05, 0) is 40.2 Å². The fraction of sp³-hybridized carbons (Fsp3) is 0.737. The van der Waals surface area contributed by atoms with E-state index in [4.69, 9.17) is 9.47 Å². The summed E-state index contributed by atoms with van der Waals surface area (Å²) >= 11 is 1.36. The molecule has 1 aromatic heterocycles. The minimum absolute atomic E-state index is 0.0756. The smallest absolute Gasteiger partial charge is 0.350 e. The molecule has 0 spiro atoms. The molecule has 0 aliphatic carbocycles. The summed E-state index contributed by atoms with van der Waals surface area (Å²) in [5, 5.41) is 7.53. The minimum atomic E-state index is -0.312. The van der Waals surface area contributed by atoms with Crippen LogP contribution in [0.15, 0.2) is 4.99 Å². The van der Waals surface area contributed by atoms with Gasteiger partial charge in [-0.25, -0.2) is 9.78 Å². The Balaban J connectivity index is 1.51. The molecule has 2 aliphatic heterocycles. The van der Waals surface area contributed by atoms with Gasteiger partial charge in [-0.15, -0.1) is 11.3 Å². The number of rotatable bonds is 6. The van der Waals surface area contributed by atoms with Crippen LogP contribution in [0.25, 0.3) is 0 Å². The summed E-state index contributed by atoms with van der Waals surface area (Å²) in [5.74, 6) is 0.387. The van der Waals surface area contributed by atoms with Crippen molar-refractivity contribution in [2.24, 2.45) is 4.99 Å². The number of esters is 1. The predicted molar refractivity (Wildman–Crippen MR) is 110 cm³/mol. The number of aliphatic imine (C=N–C) groups is 1. The van der Waals surface area contributed by atoms with E-state index in [0.717, 1.165) is 18.2 Å². The Kier molecular flexibility index (Phi) is 7.25. The number of aryl methyl sites for hydroxylation is 1. The van der Waals surface area contributed by atoms with Crippen LogP contribution in [0.4, 0.5) is 0 Å². The molecule has 3 atom stereocenters. The number of ether oxygens (including phenoxy) is 2. The Bertz CT molecular complexity index is 708. The lowest BCUT2D eigenvalue weighted by molar-refractivity contribution is -0.0453. The molecule has 0 radical (unpaired) electrons. The molecule has 0 amide bonds. The zero-order valence-electron chi connectivity index (χ0n) is 17.2. The molecular weight excluding hydrogens is 378 g/mol. The van der Waals surface area contributed by atoms with E-state index in [1.165, 1.54) is 30.7 Å². The fourth-order valence-corrected chi connectivity index (χ4v) is 4.63. The SMILES string of the molecule is CCOC(=O)c1sc(C(C)NC(=NC)NCC2CN3CCCC3CO2)nc1C. The number of nitrogens with one attached hydrogen (secondary N) is 2. The van der Waals surface area contributed by atoms with Crippen LogP contribution in [0.2, 0.25) is 0 Å². The molecule has 3 unspecified atom stereocenters. The highest BCUT2D eigenvalue weighted by atomic mass is 32.1. The van der Waals surface area contributed by atoms with Crippen molar-refractivity contribution in [2.75, 3.05) is 39.9 Å². The number of hydrogen-bond acceptors (Lipinski definition) is 7. The second-order valence-corrected chi connectivity index (χ2v) is 8.28. The third-order valence-electron chi connectivity index (χ3n) is 5.18. The number of aromatic nitrogens is 1. The molecule has 2 aliphatic rings. The molecule has 2 N–H and O–H groups in total. The first-order chi connectivity index (χ1) is 13.5. The summed E-state index contributed by atoms with van der Waals surface area (Å²) in [7, 11) is 1.75. The Hall–Kier alpha value is -1.71. The molecule has 0 bridgehead atoms. The molecule has 28 heavy (non-hydrogen) atoms. The van der Waals surface area contributed by atoms with Crippen molar-refractivity contribution in [1.29, 1.82) is 0 Å². The van der Waals surface area contributed by atoms with Gasteiger partial charge in [-0.2, -0.15) is 0 Å². The first kappa shape index (κ1) is 21.0. The van der Waals surface area contributed by atoms with Crippen LogP contribution in [0.1, 0.15) is 53.1 Å². The summed E-state index contributed by atoms with van der Waals surface area (Å²) in [4.78, 5) is 23.9. The first-order valence-electron chi connectivity index (χ1n) is 9.99. The highest BCUT2D eigenvalue weighted by molar-refractivity contribution is 7.13. The minimum Gasteiger partial charge on any atom is -0.462 e. The average Bonchev–Trinajstić information content (AvgIpc) is 3.31. The third-order valence-corrected chi connectivity index (χ3v) is 6.50. The summed E-state index contributed by atoms with van der Waals surface area (Å²) < 4.78 is 11.1. The maximum Gasteiger partial charge on any atom is 0.350 e. The Morgan fingerprint density at radius 1 is 1.54 bits per heavy atom.